The molecule has 2 N–H and O–H groups in total. The number of amides is 3. The van der Waals surface area contributed by atoms with E-state index >= 15 is 0 Å². The lowest BCUT2D eigenvalue weighted by Gasteiger charge is -2.31. The Kier molecular flexibility index (Phi) is 7.91. The smallest absolute Gasteiger partial charge is 0.409 e. The van der Waals surface area contributed by atoms with E-state index in [1.165, 1.54) is 14.2 Å². The Hall–Kier alpha value is -2.97. The van der Waals surface area contributed by atoms with Crippen LogP contribution in [0.2, 0.25) is 0 Å². The zero-order valence-corrected chi connectivity index (χ0v) is 16.4. The van der Waals surface area contributed by atoms with E-state index in [1.54, 1.807) is 30.0 Å². The topological polar surface area (TPSA) is 106 Å². The molecule has 0 saturated carbocycles. The molecule has 9 nitrogen and oxygen atoms in total. The molecule has 1 aromatic rings. The normalized spacial score (nSPS) is 14.2. The van der Waals surface area contributed by atoms with Crippen LogP contribution in [0.5, 0.6) is 11.5 Å². The molecular formula is C19H27N3O6. The summed E-state index contributed by atoms with van der Waals surface area (Å²) in [6.45, 7) is 3.13. The number of benzene rings is 1. The molecule has 0 aromatic heterocycles. The van der Waals surface area contributed by atoms with Crippen LogP contribution in [0.3, 0.4) is 0 Å². The predicted octanol–water partition coefficient (Wildman–Crippen LogP) is 1.77. The zero-order valence-electron chi connectivity index (χ0n) is 16.4. The lowest BCUT2D eigenvalue weighted by molar-refractivity contribution is -0.127. The van der Waals surface area contributed by atoms with Crippen LogP contribution in [0.25, 0.3) is 0 Å². The molecule has 0 unspecified atom stereocenters. The molecule has 1 aliphatic heterocycles. The number of ether oxygens (including phenoxy) is 3. The van der Waals surface area contributed by atoms with Crippen LogP contribution in [0.4, 0.5) is 10.5 Å². The van der Waals surface area contributed by atoms with Crippen LogP contribution in [-0.2, 0) is 14.3 Å². The van der Waals surface area contributed by atoms with Crippen molar-refractivity contribution in [3.63, 3.8) is 0 Å². The quantitative estimate of drug-likeness (QED) is 0.684. The SMILES string of the molecule is CCOC(=O)N1CCC(NC(=O)CC(=O)Nc2ccc(OC)c(OC)c2)CC1. The van der Waals surface area contributed by atoms with E-state index in [4.69, 9.17) is 14.2 Å². The van der Waals surface area contributed by atoms with E-state index in [-0.39, 0.29) is 24.5 Å². The fraction of sp³-hybridized carbons (Fsp3) is 0.526. The maximum Gasteiger partial charge on any atom is 0.409 e. The first-order valence-electron chi connectivity index (χ1n) is 9.19. The number of carbonyl (C=O) groups is 3. The molecule has 0 aliphatic carbocycles. The third-order valence-electron chi connectivity index (χ3n) is 4.37. The van der Waals surface area contributed by atoms with Gasteiger partial charge in [0.2, 0.25) is 11.8 Å². The van der Waals surface area contributed by atoms with Crippen LogP contribution in [-0.4, -0.2) is 62.8 Å². The van der Waals surface area contributed by atoms with E-state index in [0.717, 1.165) is 0 Å². The van der Waals surface area contributed by atoms with Crippen LogP contribution in [0.1, 0.15) is 26.2 Å². The highest BCUT2D eigenvalue weighted by molar-refractivity contribution is 6.03. The number of anilines is 1. The second-order valence-corrected chi connectivity index (χ2v) is 6.32. The Morgan fingerprint density at radius 2 is 1.75 bits per heavy atom. The van der Waals surface area contributed by atoms with Gasteiger partial charge in [-0.1, -0.05) is 0 Å². The van der Waals surface area contributed by atoms with Crippen LogP contribution in [0, 0.1) is 0 Å². The Morgan fingerprint density at radius 1 is 1.07 bits per heavy atom. The van der Waals surface area contributed by atoms with Gasteiger partial charge in [0, 0.05) is 30.9 Å². The van der Waals surface area contributed by atoms with Gasteiger partial charge < -0.3 is 29.7 Å². The molecule has 1 aliphatic rings. The zero-order chi connectivity index (χ0) is 20.5. The maximum atomic E-state index is 12.1. The summed E-state index contributed by atoms with van der Waals surface area (Å²) >= 11 is 0. The summed E-state index contributed by atoms with van der Waals surface area (Å²) in [6.07, 6.45) is 0.637. The number of nitrogens with one attached hydrogen (secondary N) is 2. The monoisotopic (exact) mass is 393 g/mol. The molecule has 2 rings (SSSR count). The van der Waals surface area contributed by atoms with Gasteiger partial charge in [0.05, 0.1) is 20.8 Å². The third kappa shape index (κ3) is 6.04. The van der Waals surface area contributed by atoms with Crippen molar-refractivity contribution >= 4 is 23.6 Å². The van der Waals surface area contributed by atoms with Crippen molar-refractivity contribution in [1.29, 1.82) is 0 Å². The van der Waals surface area contributed by atoms with Gasteiger partial charge in [-0.2, -0.15) is 0 Å². The van der Waals surface area contributed by atoms with Gasteiger partial charge in [-0.05, 0) is 31.9 Å². The number of hydrogen-bond donors (Lipinski definition) is 2. The lowest BCUT2D eigenvalue weighted by Crippen LogP contribution is -2.47. The Balaban J connectivity index is 1.77. The summed E-state index contributed by atoms with van der Waals surface area (Å²) in [5.74, 6) is 0.256. The van der Waals surface area contributed by atoms with Gasteiger partial charge in [-0.3, -0.25) is 9.59 Å². The van der Waals surface area contributed by atoms with E-state index < -0.39 is 5.91 Å². The molecule has 28 heavy (non-hydrogen) atoms. The first-order chi connectivity index (χ1) is 13.5. The average Bonchev–Trinajstić information content (AvgIpc) is 2.68. The number of methoxy groups -OCH3 is 2. The summed E-state index contributed by atoms with van der Waals surface area (Å²) in [4.78, 5) is 37.5. The molecule has 1 heterocycles. The lowest BCUT2D eigenvalue weighted by atomic mass is 10.1. The number of hydrogen-bond acceptors (Lipinski definition) is 6. The summed E-state index contributed by atoms with van der Waals surface area (Å²) in [5.41, 5.74) is 0.512. The summed E-state index contributed by atoms with van der Waals surface area (Å²) in [6, 6.07) is 4.90. The molecule has 154 valence electrons. The number of carbonyl (C=O) groups excluding carboxylic acids is 3. The van der Waals surface area contributed by atoms with Gasteiger partial charge in [-0.25, -0.2) is 4.79 Å². The van der Waals surface area contributed by atoms with Crippen molar-refractivity contribution in [1.82, 2.24) is 10.2 Å². The van der Waals surface area contributed by atoms with E-state index in [9.17, 15) is 14.4 Å². The van der Waals surface area contributed by atoms with Crippen molar-refractivity contribution in [2.24, 2.45) is 0 Å². The van der Waals surface area contributed by atoms with Crippen LogP contribution >= 0.6 is 0 Å². The van der Waals surface area contributed by atoms with Crippen molar-refractivity contribution in [2.45, 2.75) is 32.2 Å². The molecule has 1 saturated heterocycles. The number of likely N-dealkylation sites (tertiary alicyclic amines) is 1. The molecule has 0 spiro atoms. The largest absolute Gasteiger partial charge is 0.493 e. The van der Waals surface area contributed by atoms with Gasteiger partial charge in [-0.15, -0.1) is 0 Å². The molecule has 3 amide bonds. The molecule has 0 bridgehead atoms. The number of nitrogens with zero attached hydrogens (tertiary/aromatic N) is 1. The van der Waals surface area contributed by atoms with E-state index in [2.05, 4.69) is 10.6 Å². The minimum absolute atomic E-state index is 0.0629. The van der Waals surface area contributed by atoms with Crippen LogP contribution < -0.4 is 20.1 Å². The first kappa shape index (κ1) is 21.3. The first-order valence-corrected chi connectivity index (χ1v) is 9.19. The van der Waals surface area contributed by atoms with Crippen molar-refractivity contribution in [3.05, 3.63) is 18.2 Å². The standard InChI is InChI=1S/C19H27N3O6/c1-4-28-19(25)22-9-7-13(8-10-22)20-17(23)12-18(24)21-14-5-6-15(26-2)16(11-14)27-3/h5-6,11,13H,4,7-10,12H2,1-3H3,(H,20,23)(H,21,24). The highest BCUT2D eigenvalue weighted by Gasteiger charge is 2.25. The second-order valence-electron chi connectivity index (χ2n) is 6.32. The fourth-order valence-corrected chi connectivity index (χ4v) is 2.96. The highest BCUT2D eigenvalue weighted by atomic mass is 16.6. The van der Waals surface area contributed by atoms with Gasteiger partial charge in [0.15, 0.2) is 11.5 Å². The van der Waals surface area contributed by atoms with E-state index in [0.29, 0.717) is 49.7 Å². The molecular weight excluding hydrogens is 366 g/mol. The Morgan fingerprint density at radius 3 is 2.36 bits per heavy atom. The molecule has 1 aromatic carbocycles. The average molecular weight is 393 g/mol. The van der Waals surface area contributed by atoms with Crippen molar-refractivity contribution in [3.8, 4) is 11.5 Å². The highest BCUT2D eigenvalue weighted by Crippen LogP contribution is 2.29. The van der Waals surface area contributed by atoms with Gasteiger partial charge in [0.1, 0.15) is 6.42 Å². The minimum atomic E-state index is -0.423. The Labute approximate surface area is 164 Å². The summed E-state index contributed by atoms with van der Waals surface area (Å²) in [7, 11) is 3.03. The van der Waals surface area contributed by atoms with Gasteiger partial charge in [0.25, 0.3) is 0 Å². The van der Waals surface area contributed by atoms with Gasteiger partial charge >= 0.3 is 6.09 Å². The summed E-state index contributed by atoms with van der Waals surface area (Å²) < 4.78 is 15.3. The molecule has 0 radical (unpaired) electrons. The molecule has 0 atom stereocenters. The maximum absolute atomic E-state index is 12.1. The third-order valence-corrected chi connectivity index (χ3v) is 4.37. The van der Waals surface area contributed by atoms with Crippen LogP contribution in [0.15, 0.2) is 18.2 Å². The second kappa shape index (κ2) is 10.4. The fourth-order valence-electron chi connectivity index (χ4n) is 2.96. The molecule has 1 fully saturated rings. The minimum Gasteiger partial charge on any atom is -0.493 e. The van der Waals surface area contributed by atoms with Crippen molar-refractivity contribution < 1.29 is 28.6 Å². The number of rotatable bonds is 7. The summed E-state index contributed by atoms with van der Waals surface area (Å²) in [5, 5.41) is 5.51. The van der Waals surface area contributed by atoms with Crippen molar-refractivity contribution in [2.75, 3.05) is 39.2 Å². The predicted molar refractivity (Wildman–Crippen MR) is 103 cm³/mol. The Bertz CT molecular complexity index is 701. The number of piperidine rings is 1. The van der Waals surface area contributed by atoms with E-state index in [1.807, 2.05) is 0 Å². The molecule has 9 heteroatoms.